The van der Waals surface area contributed by atoms with Crippen LogP contribution in [0, 0.1) is 11.3 Å². The summed E-state index contributed by atoms with van der Waals surface area (Å²) < 4.78 is 0. The lowest BCUT2D eigenvalue weighted by Gasteiger charge is -2.28. The van der Waals surface area contributed by atoms with Crippen molar-refractivity contribution in [2.75, 3.05) is 19.3 Å². The first kappa shape index (κ1) is 15.4. The number of rotatable bonds is 5. The lowest BCUT2D eigenvalue weighted by Crippen LogP contribution is -2.39. The highest BCUT2D eigenvalue weighted by Gasteiger charge is 2.46. The summed E-state index contributed by atoms with van der Waals surface area (Å²) in [6.07, 6.45) is 2.82. The van der Waals surface area contributed by atoms with Crippen LogP contribution in [0.1, 0.15) is 25.8 Å². The van der Waals surface area contributed by atoms with Gasteiger partial charge in [-0.2, -0.15) is 0 Å². The van der Waals surface area contributed by atoms with E-state index in [-0.39, 0.29) is 5.92 Å². The molecule has 0 radical (unpaired) electrons. The van der Waals surface area contributed by atoms with Crippen molar-refractivity contribution in [3.05, 3.63) is 29.8 Å². The van der Waals surface area contributed by atoms with Gasteiger partial charge in [0.1, 0.15) is 0 Å². The van der Waals surface area contributed by atoms with Crippen molar-refractivity contribution >= 4 is 17.7 Å². The molecular formula is C16H23NO2S. The maximum atomic E-state index is 11.6. The van der Waals surface area contributed by atoms with E-state index in [0.29, 0.717) is 6.54 Å². The molecule has 1 aromatic carbocycles. The van der Waals surface area contributed by atoms with Crippen molar-refractivity contribution in [2.24, 2.45) is 11.3 Å². The van der Waals surface area contributed by atoms with E-state index in [1.54, 1.807) is 11.8 Å². The molecule has 1 atom stereocenters. The van der Waals surface area contributed by atoms with Crippen LogP contribution < -0.4 is 0 Å². The largest absolute Gasteiger partial charge is 0.481 e. The molecule has 1 unspecified atom stereocenters. The topological polar surface area (TPSA) is 40.5 Å². The Morgan fingerprint density at radius 1 is 1.40 bits per heavy atom. The lowest BCUT2D eigenvalue weighted by atomic mass is 9.76. The van der Waals surface area contributed by atoms with E-state index in [1.165, 1.54) is 10.5 Å². The zero-order valence-electron chi connectivity index (χ0n) is 12.4. The number of thioether (sulfide) groups is 1. The third kappa shape index (κ3) is 3.01. The fourth-order valence-corrected chi connectivity index (χ4v) is 3.34. The first-order chi connectivity index (χ1) is 9.48. The van der Waals surface area contributed by atoms with Gasteiger partial charge in [-0.3, -0.25) is 9.69 Å². The van der Waals surface area contributed by atoms with Crippen LogP contribution in [0.5, 0.6) is 0 Å². The van der Waals surface area contributed by atoms with Gasteiger partial charge in [0.15, 0.2) is 0 Å². The molecule has 0 amide bonds. The van der Waals surface area contributed by atoms with Gasteiger partial charge in [-0.1, -0.05) is 26.0 Å². The van der Waals surface area contributed by atoms with E-state index in [0.717, 1.165) is 19.5 Å². The third-order valence-electron chi connectivity index (χ3n) is 4.48. The molecule has 0 bridgehead atoms. The van der Waals surface area contributed by atoms with Crippen molar-refractivity contribution in [2.45, 2.75) is 31.7 Å². The monoisotopic (exact) mass is 293 g/mol. The molecule has 1 N–H and O–H groups in total. The summed E-state index contributed by atoms with van der Waals surface area (Å²) >= 11 is 1.74. The standard InChI is InChI=1S/C16H23NO2S/c1-12(2)16(15(18)19)8-9-17(11-16)10-13-4-6-14(20-3)7-5-13/h4-7,12H,8-11H2,1-3H3,(H,18,19). The number of aliphatic carboxylic acids is 1. The summed E-state index contributed by atoms with van der Waals surface area (Å²) in [4.78, 5) is 15.1. The second-order valence-corrected chi connectivity index (χ2v) is 6.80. The molecule has 20 heavy (non-hydrogen) atoms. The van der Waals surface area contributed by atoms with Crippen LogP contribution in [0.15, 0.2) is 29.2 Å². The molecule has 3 nitrogen and oxygen atoms in total. The van der Waals surface area contributed by atoms with E-state index in [1.807, 2.05) is 13.8 Å². The van der Waals surface area contributed by atoms with Crippen molar-refractivity contribution < 1.29 is 9.90 Å². The first-order valence-electron chi connectivity index (χ1n) is 7.06. The Morgan fingerprint density at radius 3 is 2.50 bits per heavy atom. The van der Waals surface area contributed by atoms with Gasteiger partial charge in [0.2, 0.25) is 0 Å². The first-order valence-corrected chi connectivity index (χ1v) is 8.29. The van der Waals surface area contributed by atoms with Crippen LogP contribution in [-0.2, 0) is 11.3 Å². The SMILES string of the molecule is CSc1ccc(CN2CCC(C(=O)O)(C(C)C)C2)cc1. The maximum absolute atomic E-state index is 11.6. The number of likely N-dealkylation sites (tertiary alicyclic amines) is 1. The van der Waals surface area contributed by atoms with Crippen LogP contribution in [0.3, 0.4) is 0 Å². The van der Waals surface area contributed by atoms with Crippen LogP contribution in [-0.4, -0.2) is 35.3 Å². The highest BCUT2D eigenvalue weighted by Crippen LogP contribution is 2.38. The van der Waals surface area contributed by atoms with Crippen LogP contribution in [0.4, 0.5) is 0 Å². The molecule has 0 aliphatic carbocycles. The van der Waals surface area contributed by atoms with Gasteiger partial charge in [0.05, 0.1) is 5.41 Å². The Kier molecular flexibility index (Phi) is 4.76. The Hall–Kier alpha value is -1.00. The van der Waals surface area contributed by atoms with E-state index in [2.05, 4.69) is 35.4 Å². The summed E-state index contributed by atoms with van der Waals surface area (Å²) in [5.74, 6) is -0.475. The Balaban J connectivity index is 2.03. The van der Waals surface area contributed by atoms with Crippen molar-refractivity contribution in [3.63, 3.8) is 0 Å². The molecule has 1 aliphatic rings. The average Bonchev–Trinajstić information content (AvgIpc) is 2.85. The molecule has 1 aromatic rings. The van der Waals surface area contributed by atoms with Gasteiger partial charge in [0, 0.05) is 18.0 Å². The van der Waals surface area contributed by atoms with Gasteiger partial charge in [-0.15, -0.1) is 11.8 Å². The summed E-state index contributed by atoms with van der Waals surface area (Å²) in [6, 6.07) is 8.54. The third-order valence-corrected chi connectivity index (χ3v) is 5.22. The van der Waals surface area contributed by atoms with Crippen molar-refractivity contribution in [1.82, 2.24) is 4.90 Å². The Labute approximate surface area is 125 Å². The highest BCUT2D eigenvalue weighted by molar-refractivity contribution is 7.98. The maximum Gasteiger partial charge on any atom is 0.311 e. The molecule has 4 heteroatoms. The van der Waals surface area contributed by atoms with E-state index in [9.17, 15) is 9.90 Å². The van der Waals surface area contributed by atoms with E-state index < -0.39 is 11.4 Å². The van der Waals surface area contributed by atoms with Crippen LogP contribution in [0.2, 0.25) is 0 Å². The molecule has 0 spiro atoms. The lowest BCUT2D eigenvalue weighted by molar-refractivity contribution is -0.151. The Morgan fingerprint density at radius 2 is 2.05 bits per heavy atom. The summed E-state index contributed by atoms with van der Waals surface area (Å²) in [7, 11) is 0. The smallest absolute Gasteiger partial charge is 0.311 e. The van der Waals surface area contributed by atoms with Crippen LogP contribution >= 0.6 is 11.8 Å². The summed E-state index contributed by atoms with van der Waals surface area (Å²) in [5.41, 5.74) is 0.687. The van der Waals surface area contributed by atoms with Crippen molar-refractivity contribution in [3.8, 4) is 0 Å². The minimum Gasteiger partial charge on any atom is -0.481 e. The zero-order valence-corrected chi connectivity index (χ0v) is 13.2. The molecule has 2 rings (SSSR count). The zero-order chi connectivity index (χ0) is 14.8. The number of carboxylic acids is 1. The van der Waals surface area contributed by atoms with Gasteiger partial charge in [-0.05, 0) is 42.8 Å². The normalized spacial score (nSPS) is 23.4. The molecule has 1 saturated heterocycles. The van der Waals surface area contributed by atoms with Crippen molar-refractivity contribution in [1.29, 1.82) is 0 Å². The van der Waals surface area contributed by atoms with Crippen LogP contribution in [0.25, 0.3) is 0 Å². The van der Waals surface area contributed by atoms with Gasteiger partial charge < -0.3 is 5.11 Å². The van der Waals surface area contributed by atoms with Gasteiger partial charge in [-0.25, -0.2) is 0 Å². The molecule has 1 heterocycles. The van der Waals surface area contributed by atoms with Gasteiger partial charge >= 0.3 is 5.97 Å². The predicted molar refractivity (Wildman–Crippen MR) is 83.0 cm³/mol. The highest BCUT2D eigenvalue weighted by atomic mass is 32.2. The summed E-state index contributed by atoms with van der Waals surface area (Å²) in [6.45, 7) is 6.41. The predicted octanol–water partition coefficient (Wildman–Crippen LogP) is 3.34. The second-order valence-electron chi connectivity index (χ2n) is 5.92. The number of hydrogen-bond acceptors (Lipinski definition) is 3. The number of carbonyl (C=O) groups is 1. The van der Waals surface area contributed by atoms with Gasteiger partial charge in [0.25, 0.3) is 0 Å². The van der Waals surface area contributed by atoms with E-state index >= 15 is 0 Å². The summed E-state index contributed by atoms with van der Waals surface area (Å²) in [5, 5.41) is 9.56. The molecule has 1 fully saturated rings. The molecule has 110 valence electrons. The number of carboxylic acid groups (broad SMARTS) is 1. The number of hydrogen-bond donors (Lipinski definition) is 1. The fraction of sp³-hybridized carbons (Fsp3) is 0.562. The Bertz CT molecular complexity index is 472. The second kappa shape index (κ2) is 6.19. The quantitative estimate of drug-likeness (QED) is 0.845. The minimum atomic E-state index is -0.646. The molecular weight excluding hydrogens is 270 g/mol. The average molecular weight is 293 g/mol. The van der Waals surface area contributed by atoms with E-state index in [4.69, 9.17) is 0 Å². The number of benzene rings is 1. The number of nitrogens with zero attached hydrogens (tertiary/aromatic N) is 1. The molecule has 0 saturated carbocycles. The molecule has 0 aromatic heterocycles. The fourth-order valence-electron chi connectivity index (χ4n) is 2.93. The minimum absolute atomic E-state index is 0.170. The molecule has 1 aliphatic heterocycles.